The molecule has 6 heteroatoms. The van der Waals surface area contributed by atoms with Gasteiger partial charge in [-0.25, -0.2) is 4.98 Å². The third-order valence-corrected chi connectivity index (χ3v) is 4.67. The van der Waals surface area contributed by atoms with Crippen molar-refractivity contribution in [3.8, 4) is 0 Å². The number of hydrogen-bond acceptors (Lipinski definition) is 6. The fraction of sp³-hybridized carbons (Fsp3) is 0.615. The van der Waals surface area contributed by atoms with E-state index in [1.807, 2.05) is 12.4 Å². The number of thiazole rings is 1. The van der Waals surface area contributed by atoms with Crippen LogP contribution >= 0.6 is 11.3 Å². The molecule has 3 rings (SSSR count). The molecule has 1 fully saturated rings. The average Bonchev–Trinajstić information content (AvgIpc) is 3.07. The zero-order valence-electron chi connectivity index (χ0n) is 11.3. The Labute approximate surface area is 116 Å². The maximum atomic E-state index is 5.10. The van der Waals surface area contributed by atoms with Crippen LogP contribution in [0.2, 0.25) is 0 Å². The summed E-state index contributed by atoms with van der Waals surface area (Å²) in [6.45, 7) is 6.09. The lowest BCUT2D eigenvalue weighted by Gasteiger charge is -2.21. The van der Waals surface area contributed by atoms with E-state index in [0.29, 0.717) is 11.9 Å². The molecule has 0 radical (unpaired) electrons. The van der Waals surface area contributed by atoms with Gasteiger partial charge in [-0.05, 0) is 32.7 Å². The predicted molar refractivity (Wildman–Crippen MR) is 73.1 cm³/mol. The summed E-state index contributed by atoms with van der Waals surface area (Å²) >= 11 is 1.75. The van der Waals surface area contributed by atoms with E-state index in [0.717, 1.165) is 37.4 Å². The molecular formula is C13H18N4OS. The van der Waals surface area contributed by atoms with Gasteiger partial charge in [0, 0.05) is 18.3 Å². The highest BCUT2D eigenvalue weighted by molar-refractivity contribution is 7.09. The van der Waals surface area contributed by atoms with Gasteiger partial charge in [-0.15, -0.1) is 11.3 Å². The second kappa shape index (κ2) is 5.38. The fourth-order valence-corrected chi connectivity index (χ4v) is 3.42. The van der Waals surface area contributed by atoms with Gasteiger partial charge >= 0.3 is 0 Å². The highest BCUT2D eigenvalue weighted by Crippen LogP contribution is 2.30. The highest BCUT2D eigenvalue weighted by atomic mass is 32.1. The van der Waals surface area contributed by atoms with Crippen molar-refractivity contribution >= 4 is 11.3 Å². The summed E-state index contributed by atoms with van der Waals surface area (Å²) in [5, 5.41) is 4.07. The monoisotopic (exact) mass is 278 g/mol. The van der Waals surface area contributed by atoms with E-state index >= 15 is 0 Å². The topological polar surface area (TPSA) is 55.1 Å². The molecule has 5 nitrogen and oxygen atoms in total. The van der Waals surface area contributed by atoms with Gasteiger partial charge in [0.2, 0.25) is 5.89 Å². The van der Waals surface area contributed by atoms with Crippen LogP contribution in [-0.4, -0.2) is 33.1 Å². The molecular weight excluding hydrogens is 260 g/mol. The van der Waals surface area contributed by atoms with E-state index in [-0.39, 0.29) is 0 Å². The first-order valence-corrected chi connectivity index (χ1v) is 7.55. The second-order valence-electron chi connectivity index (χ2n) is 4.98. The number of likely N-dealkylation sites (tertiary alicyclic amines) is 1. The van der Waals surface area contributed by atoms with Crippen LogP contribution in [0.1, 0.15) is 41.2 Å². The van der Waals surface area contributed by atoms with Gasteiger partial charge in [-0.1, -0.05) is 5.16 Å². The SMILES string of the molecule is Cc1nc([C@H]2CCCN2CCc2scnc2C)no1. The van der Waals surface area contributed by atoms with E-state index in [2.05, 4.69) is 26.9 Å². The molecule has 19 heavy (non-hydrogen) atoms. The molecule has 0 unspecified atom stereocenters. The third kappa shape index (κ3) is 2.69. The Morgan fingerprint density at radius 3 is 3.05 bits per heavy atom. The Kier molecular flexibility index (Phi) is 3.61. The molecule has 102 valence electrons. The van der Waals surface area contributed by atoms with Gasteiger partial charge in [-0.3, -0.25) is 4.90 Å². The van der Waals surface area contributed by atoms with E-state index < -0.39 is 0 Å². The number of hydrogen-bond donors (Lipinski definition) is 0. The zero-order valence-corrected chi connectivity index (χ0v) is 12.1. The largest absolute Gasteiger partial charge is 0.340 e. The van der Waals surface area contributed by atoms with Crippen molar-refractivity contribution in [2.24, 2.45) is 0 Å². The second-order valence-corrected chi connectivity index (χ2v) is 5.92. The van der Waals surface area contributed by atoms with Crippen molar-refractivity contribution < 1.29 is 4.52 Å². The summed E-state index contributed by atoms with van der Waals surface area (Å²) in [6.07, 6.45) is 3.39. The van der Waals surface area contributed by atoms with Gasteiger partial charge in [0.05, 0.1) is 17.2 Å². The van der Waals surface area contributed by atoms with Crippen LogP contribution in [0.3, 0.4) is 0 Å². The van der Waals surface area contributed by atoms with Crippen LogP contribution in [0.15, 0.2) is 10.0 Å². The van der Waals surface area contributed by atoms with E-state index in [9.17, 15) is 0 Å². The van der Waals surface area contributed by atoms with Crippen LogP contribution in [-0.2, 0) is 6.42 Å². The summed E-state index contributed by atoms with van der Waals surface area (Å²) in [5.74, 6) is 1.50. The number of nitrogens with zero attached hydrogens (tertiary/aromatic N) is 4. The Hall–Kier alpha value is -1.27. The summed E-state index contributed by atoms with van der Waals surface area (Å²) < 4.78 is 5.10. The highest BCUT2D eigenvalue weighted by Gasteiger charge is 2.29. The van der Waals surface area contributed by atoms with E-state index in [1.54, 1.807) is 11.3 Å². The molecule has 1 atom stereocenters. The molecule has 1 saturated heterocycles. The minimum absolute atomic E-state index is 0.325. The first-order chi connectivity index (χ1) is 9.24. The lowest BCUT2D eigenvalue weighted by atomic mass is 10.2. The molecule has 1 aliphatic rings. The van der Waals surface area contributed by atoms with Crippen molar-refractivity contribution in [3.63, 3.8) is 0 Å². The van der Waals surface area contributed by atoms with Gasteiger partial charge in [-0.2, -0.15) is 4.98 Å². The van der Waals surface area contributed by atoms with Crippen molar-refractivity contribution in [3.05, 3.63) is 27.8 Å². The smallest absolute Gasteiger partial charge is 0.223 e. The molecule has 3 heterocycles. The lowest BCUT2D eigenvalue weighted by Crippen LogP contribution is -2.26. The van der Waals surface area contributed by atoms with E-state index in [4.69, 9.17) is 4.52 Å². The van der Waals surface area contributed by atoms with Crippen molar-refractivity contribution in [1.29, 1.82) is 0 Å². The van der Waals surface area contributed by atoms with Crippen LogP contribution in [0.5, 0.6) is 0 Å². The van der Waals surface area contributed by atoms with Crippen molar-refractivity contribution in [2.45, 2.75) is 39.2 Å². The Balaban J connectivity index is 1.65. The van der Waals surface area contributed by atoms with Crippen LogP contribution in [0, 0.1) is 13.8 Å². The molecule has 1 aliphatic heterocycles. The minimum Gasteiger partial charge on any atom is -0.340 e. The number of aryl methyl sites for hydroxylation is 2. The summed E-state index contributed by atoms with van der Waals surface area (Å²) in [4.78, 5) is 12.5. The normalized spacial score (nSPS) is 20.2. The van der Waals surface area contributed by atoms with Gasteiger partial charge < -0.3 is 4.52 Å². The predicted octanol–water partition coefficient (Wildman–Crippen LogP) is 2.52. The summed E-state index contributed by atoms with van der Waals surface area (Å²) in [6, 6.07) is 0.325. The van der Waals surface area contributed by atoms with E-state index in [1.165, 1.54) is 11.3 Å². The molecule has 0 saturated carbocycles. The van der Waals surface area contributed by atoms with Gasteiger partial charge in [0.15, 0.2) is 5.82 Å². The Bertz CT molecular complexity index is 550. The van der Waals surface area contributed by atoms with Crippen LogP contribution < -0.4 is 0 Å². The van der Waals surface area contributed by atoms with Crippen LogP contribution in [0.25, 0.3) is 0 Å². The van der Waals surface area contributed by atoms with Crippen molar-refractivity contribution in [1.82, 2.24) is 20.0 Å². The Morgan fingerprint density at radius 2 is 2.37 bits per heavy atom. The molecule has 0 bridgehead atoms. The fourth-order valence-electron chi connectivity index (χ4n) is 2.65. The van der Waals surface area contributed by atoms with Crippen LogP contribution in [0.4, 0.5) is 0 Å². The molecule has 0 N–H and O–H groups in total. The quantitative estimate of drug-likeness (QED) is 0.860. The molecule has 0 spiro atoms. The average molecular weight is 278 g/mol. The van der Waals surface area contributed by atoms with Gasteiger partial charge in [0.1, 0.15) is 0 Å². The summed E-state index contributed by atoms with van der Waals surface area (Å²) in [5.41, 5.74) is 3.09. The molecule has 0 aliphatic carbocycles. The number of rotatable bonds is 4. The molecule has 2 aromatic heterocycles. The molecule has 0 aromatic carbocycles. The van der Waals surface area contributed by atoms with Crippen molar-refractivity contribution in [2.75, 3.05) is 13.1 Å². The number of aromatic nitrogens is 3. The first kappa shape index (κ1) is 12.7. The Morgan fingerprint density at radius 1 is 1.47 bits per heavy atom. The summed E-state index contributed by atoms with van der Waals surface area (Å²) in [7, 11) is 0. The maximum Gasteiger partial charge on any atom is 0.223 e. The third-order valence-electron chi connectivity index (χ3n) is 3.68. The standard InChI is InChI=1S/C13H18N4OS/c1-9-12(19-8-14-9)5-7-17-6-3-4-11(17)13-15-10(2)18-16-13/h8,11H,3-7H2,1-2H3/t11-/m1/s1. The zero-order chi connectivity index (χ0) is 13.2. The first-order valence-electron chi connectivity index (χ1n) is 6.67. The molecule has 0 amide bonds. The maximum absolute atomic E-state index is 5.10. The van der Waals surface area contributed by atoms with Gasteiger partial charge in [0.25, 0.3) is 0 Å². The molecule has 2 aromatic rings. The minimum atomic E-state index is 0.325. The lowest BCUT2D eigenvalue weighted by molar-refractivity contribution is 0.245.